The molecule has 1 atom stereocenters. The van der Waals surface area contributed by atoms with E-state index in [1.54, 1.807) is 31.7 Å². The summed E-state index contributed by atoms with van der Waals surface area (Å²) in [6.45, 7) is 2.35. The SMILES string of the molecule is CNC(=O)c1ccc2c(c1)ncn2-c1ccc(OC(C)COc2ccccn2)cc1. The molecule has 30 heavy (non-hydrogen) atoms. The summed E-state index contributed by atoms with van der Waals surface area (Å²) in [5, 5.41) is 2.62. The number of aromatic nitrogens is 3. The Hall–Kier alpha value is -3.87. The monoisotopic (exact) mass is 402 g/mol. The van der Waals surface area contributed by atoms with Gasteiger partial charge in [0.2, 0.25) is 5.88 Å². The molecule has 0 aliphatic rings. The highest BCUT2D eigenvalue weighted by molar-refractivity contribution is 5.97. The molecule has 2 aromatic heterocycles. The number of amides is 1. The van der Waals surface area contributed by atoms with E-state index in [1.165, 1.54) is 0 Å². The molecular formula is C23H22N4O3. The van der Waals surface area contributed by atoms with Gasteiger partial charge in [-0.25, -0.2) is 9.97 Å². The normalized spacial score (nSPS) is 11.8. The molecular weight excluding hydrogens is 380 g/mol. The van der Waals surface area contributed by atoms with Gasteiger partial charge in [0.15, 0.2) is 0 Å². The Labute approximate surface area is 174 Å². The molecule has 2 heterocycles. The predicted molar refractivity (Wildman–Crippen MR) is 114 cm³/mol. The predicted octanol–water partition coefficient (Wildman–Crippen LogP) is 3.63. The minimum atomic E-state index is -0.130. The molecule has 0 radical (unpaired) electrons. The first-order valence-corrected chi connectivity index (χ1v) is 9.64. The van der Waals surface area contributed by atoms with Gasteiger partial charge in [0.25, 0.3) is 5.91 Å². The van der Waals surface area contributed by atoms with Crippen molar-refractivity contribution in [2.24, 2.45) is 0 Å². The smallest absolute Gasteiger partial charge is 0.251 e. The summed E-state index contributed by atoms with van der Waals surface area (Å²) in [5.41, 5.74) is 3.22. The maximum atomic E-state index is 11.8. The van der Waals surface area contributed by atoms with Gasteiger partial charge >= 0.3 is 0 Å². The summed E-state index contributed by atoms with van der Waals surface area (Å²) in [5.74, 6) is 1.20. The second-order valence-electron chi connectivity index (χ2n) is 6.80. The van der Waals surface area contributed by atoms with Crippen LogP contribution in [0.1, 0.15) is 17.3 Å². The molecule has 1 N–H and O–H groups in total. The number of ether oxygens (including phenoxy) is 2. The average Bonchev–Trinajstić information content (AvgIpc) is 3.21. The summed E-state index contributed by atoms with van der Waals surface area (Å²) in [7, 11) is 1.61. The van der Waals surface area contributed by atoms with Gasteiger partial charge in [0.05, 0.1) is 11.0 Å². The van der Waals surface area contributed by atoms with E-state index in [4.69, 9.17) is 9.47 Å². The molecule has 0 bridgehead atoms. The van der Waals surface area contributed by atoms with Crippen LogP contribution in [0, 0.1) is 0 Å². The quantitative estimate of drug-likeness (QED) is 0.511. The van der Waals surface area contributed by atoms with Crippen LogP contribution >= 0.6 is 0 Å². The molecule has 0 fully saturated rings. The van der Waals surface area contributed by atoms with Crippen LogP contribution in [0.4, 0.5) is 0 Å². The van der Waals surface area contributed by atoms with E-state index >= 15 is 0 Å². The van der Waals surface area contributed by atoms with Crippen LogP contribution in [0.5, 0.6) is 11.6 Å². The first-order chi connectivity index (χ1) is 14.6. The van der Waals surface area contributed by atoms with Crippen molar-refractivity contribution in [1.82, 2.24) is 19.9 Å². The van der Waals surface area contributed by atoms with Crippen molar-refractivity contribution in [3.63, 3.8) is 0 Å². The Kier molecular flexibility index (Phi) is 5.61. The molecule has 0 saturated heterocycles. The zero-order valence-electron chi connectivity index (χ0n) is 16.8. The topological polar surface area (TPSA) is 78.3 Å². The Morgan fingerprint density at radius 3 is 2.67 bits per heavy atom. The van der Waals surface area contributed by atoms with E-state index in [0.29, 0.717) is 18.1 Å². The summed E-state index contributed by atoms with van der Waals surface area (Å²) in [6, 6.07) is 18.8. The van der Waals surface area contributed by atoms with Crippen molar-refractivity contribution in [2.45, 2.75) is 13.0 Å². The van der Waals surface area contributed by atoms with E-state index in [2.05, 4.69) is 15.3 Å². The molecule has 1 amide bonds. The first-order valence-electron chi connectivity index (χ1n) is 9.64. The van der Waals surface area contributed by atoms with Gasteiger partial charge in [-0.3, -0.25) is 9.36 Å². The van der Waals surface area contributed by atoms with Gasteiger partial charge in [-0.2, -0.15) is 0 Å². The summed E-state index contributed by atoms with van der Waals surface area (Å²) in [6.07, 6.45) is 3.31. The van der Waals surface area contributed by atoms with E-state index < -0.39 is 0 Å². The molecule has 4 aromatic rings. The third kappa shape index (κ3) is 4.25. The van der Waals surface area contributed by atoms with Crippen molar-refractivity contribution in [2.75, 3.05) is 13.7 Å². The van der Waals surface area contributed by atoms with Crippen LogP contribution in [-0.4, -0.2) is 40.2 Å². The van der Waals surface area contributed by atoms with Gasteiger partial charge < -0.3 is 14.8 Å². The number of hydrogen-bond acceptors (Lipinski definition) is 5. The van der Waals surface area contributed by atoms with Crippen LogP contribution in [0.25, 0.3) is 16.7 Å². The molecule has 0 spiro atoms. The van der Waals surface area contributed by atoms with Gasteiger partial charge in [0.1, 0.15) is 24.8 Å². The molecule has 0 saturated carbocycles. The number of carbonyl (C=O) groups is 1. The Balaban J connectivity index is 1.43. The number of carbonyl (C=O) groups excluding carboxylic acids is 1. The summed E-state index contributed by atoms with van der Waals surface area (Å²) >= 11 is 0. The Bertz CT molecular complexity index is 1140. The summed E-state index contributed by atoms with van der Waals surface area (Å²) in [4.78, 5) is 20.4. The Morgan fingerprint density at radius 2 is 1.93 bits per heavy atom. The molecule has 7 heteroatoms. The third-order valence-corrected chi connectivity index (χ3v) is 4.59. The van der Waals surface area contributed by atoms with Crippen molar-refractivity contribution >= 4 is 16.9 Å². The number of fused-ring (bicyclic) bond motifs is 1. The van der Waals surface area contributed by atoms with Crippen molar-refractivity contribution in [1.29, 1.82) is 0 Å². The van der Waals surface area contributed by atoms with Crippen LogP contribution in [0.2, 0.25) is 0 Å². The van der Waals surface area contributed by atoms with E-state index in [-0.39, 0.29) is 12.0 Å². The van der Waals surface area contributed by atoms with Crippen molar-refractivity contribution in [3.8, 4) is 17.3 Å². The van der Waals surface area contributed by atoms with E-state index in [9.17, 15) is 4.79 Å². The maximum absolute atomic E-state index is 11.8. The molecule has 0 aliphatic carbocycles. The van der Waals surface area contributed by atoms with Crippen LogP contribution < -0.4 is 14.8 Å². The van der Waals surface area contributed by atoms with Crippen LogP contribution in [-0.2, 0) is 0 Å². The number of rotatable bonds is 7. The number of pyridine rings is 1. The van der Waals surface area contributed by atoms with Gasteiger partial charge in [-0.15, -0.1) is 0 Å². The second kappa shape index (κ2) is 8.65. The fraction of sp³-hybridized carbons (Fsp3) is 0.174. The minimum absolute atomic E-state index is 0.130. The molecule has 4 rings (SSSR count). The lowest BCUT2D eigenvalue weighted by Gasteiger charge is -2.15. The summed E-state index contributed by atoms with van der Waals surface area (Å²) < 4.78 is 13.5. The third-order valence-electron chi connectivity index (χ3n) is 4.59. The maximum Gasteiger partial charge on any atom is 0.251 e. The number of benzene rings is 2. The lowest BCUT2D eigenvalue weighted by molar-refractivity contribution is 0.0963. The number of nitrogens with one attached hydrogen (secondary N) is 1. The molecule has 1 unspecified atom stereocenters. The van der Waals surface area contributed by atoms with Crippen molar-refractivity contribution in [3.05, 3.63) is 78.8 Å². The first kappa shape index (κ1) is 19.4. The van der Waals surface area contributed by atoms with Gasteiger partial charge in [-0.1, -0.05) is 6.07 Å². The lowest BCUT2D eigenvalue weighted by Crippen LogP contribution is -2.21. The lowest BCUT2D eigenvalue weighted by atomic mass is 10.2. The number of imidazole rings is 1. The highest BCUT2D eigenvalue weighted by Gasteiger charge is 2.10. The van der Waals surface area contributed by atoms with Crippen molar-refractivity contribution < 1.29 is 14.3 Å². The molecule has 152 valence electrons. The minimum Gasteiger partial charge on any atom is -0.487 e. The standard InChI is InChI=1S/C23H22N4O3/c1-16(14-29-22-5-3-4-12-25-22)30-19-9-7-18(8-10-19)27-15-26-20-13-17(23(28)24-2)6-11-21(20)27/h3-13,15-16H,14H2,1-2H3,(H,24,28). The fourth-order valence-electron chi connectivity index (χ4n) is 3.09. The van der Waals surface area contributed by atoms with E-state index in [0.717, 1.165) is 22.5 Å². The average molecular weight is 402 g/mol. The molecule has 0 aliphatic heterocycles. The van der Waals surface area contributed by atoms with E-state index in [1.807, 2.05) is 60.0 Å². The highest BCUT2D eigenvalue weighted by Crippen LogP contribution is 2.22. The van der Waals surface area contributed by atoms with Crippen LogP contribution in [0.3, 0.4) is 0 Å². The van der Waals surface area contributed by atoms with Gasteiger partial charge in [0, 0.05) is 30.6 Å². The molecule has 2 aromatic carbocycles. The number of hydrogen-bond donors (Lipinski definition) is 1. The largest absolute Gasteiger partial charge is 0.487 e. The highest BCUT2D eigenvalue weighted by atomic mass is 16.5. The fourth-order valence-corrected chi connectivity index (χ4v) is 3.09. The van der Waals surface area contributed by atoms with Gasteiger partial charge in [-0.05, 0) is 55.5 Å². The number of nitrogens with zero attached hydrogens (tertiary/aromatic N) is 3. The zero-order chi connectivity index (χ0) is 20.9. The second-order valence-corrected chi connectivity index (χ2v) is 6.80. The Morgan fingerprint density at radius 1 is 1.10 bits per heavy atom. The van der Waals surface area contributed by atoms with Crippen LogP contribution in [0.15, 0.2) is 73.2 Å². The zero-order valence-corrected chi connectivity index (χ0v) is 16.8. The molecule has 7 nitrogen and oxygen atoms in total.